The minimum atomic E-state index is -0.736. The summed E-state index contributed by atoms with van der Waals surface area (Å²) in [6.45, 7) is 10.4. The van der Waals surface area contributed by atoms with Crippen molar-refractivity contribution in [2.24, 2.45) is 0 Å². The second kappa shape index (κ2) is 10.6. The molecule has 0 aromatic heterocycles. The molecule has 0 nitrogen and oxygen atoms in total. The molecule has 0 unspecified atom stereocenters. The second-order valence-corrected chi connectivity index (χ2v) is 6.84. The van der Waals surface area contributed by atoms with Crippen molar-refractivity contribution in [3.63, 3.8) is 0 Å². The molecular weight excluding hydrogens is 364 g/mol. The van der Waals surface area contributed by atoms with Gasteiger partial charge in [0.25, 0.3) is 0 Å². The fourth-order valence-electron chi connectivity index (χ4n) is 2.15. The molecular formula is C24H26F4. The average Bonchev–Trinajstić information content (AvgIpc) is 2.64. The third kappa shape index (κ3) is 7.18. The van der Waals surface area contributed by atoms with Gasteiger partial charge in [-0.3, -0.25) is 0 Å². The molecule has 3 rings (SSSR count). The monoisotopic (exact) mass is 390 g/mol. The van der Waals surface area contributed by atoms with Crippen LogP contribution in [0.1, 0.15) is 33.4 Å². The molecule has 0 aliphatic heterocycles. The van der Waals surface area contributed by atoms with Crippen LogP contribution in [0.3, 0.4) is 0 Å². The molecule has 28 heavy (non-hydrogen) atoms. The van der Waals surface area contributed by atoms with E-state index in [0.717, 1.165) is 0 Å². The SMILES string of the molecule is Cc1cc(F)c(C)c(F)c1.Cc1ccc(C)c(F)c1F.Cc1ccc(C)cc1. The Hall–Kier alpha value is -2.62. The Kier molecular flexibility index (Phi) is 8.90. The van der Waals surface area contributed by atoms with E-state index in [1.54, 1.807) is 19.1 Å². The van der Waals surface area contributed by atoms with Crippen LogP contribution < -0.4 is 0 Å². The van der Waals surface area contributed by atoms with E-state index in [1.807, 2.05) is 0 Å². The van der Waals surface area contributed by atoms with E-state index in [9.17, 15) is 17.6 Å². The maximum absolute atomic E-state index is 12.6. The highest BCUT2D eigenvalue weighted by Crippen LogP contribution is 2.14. The summed E-state index contributed by atoms with van der Waals surface area (Å²) in [7, 11) is 0. The zero-order valence-corrected chi connectivity index (χ0v) is 17.1. The summed E-state index contributed by atoms with van der Waals surface area (Å²) >= 11 is 0. The van der Waals surface area contributed by atoms with Crippen molar-refractivity contribution in [3.8, 4) is 0 Å². The van der Waals surface area contributed by atoms with Crippen molar-refractivity contribution < 1.29 is 17.6 Å². The Morgan fingerprint density at radius 3 is 1.11 bits per heavy atom. The summed E-state index contributed by atoms with van der Waals surface area (Å²) in [6.07, 6.45) is 0. The number of halogens is 4. The van der Waals surface area contributed by atoms with Crippen LogP contribution in [0.25, 0.3) is 0 Å². The maximum atomic E-state index is 12.6. The number of rotatable bonds is 0. The molecule has 0 amide bonds. The normalized spacial score (nSPS) is 9.79. The van der Waals surface area contributed by atoms with Crippen LogP contribution in [-0.4, -0.2) is 0 Å². The lowest BCUT2D eigenvalue weighted by molar-refractivity contribution is 0.497. The van der Waals surface area contributed by atoms with Crippen LogP contribution in [0.4, 0.5) is 17.6 Å². The van der Waals surface area contributed by atoms with Gasteiger partial charge in [0.05, 0.1) is 0 Å². The number of hydrogen-bond donors (Lipinski definition) is 0. The van der Waals surface area contributed by atoms with Gasteiger partial charge in [0.1, 0.15) is 11.6 Å². The molecule has 0 fully saturated rings. The topological polar surface area (TPSA) is 0 Å². The Morgan fingerprint density at radius 2 is 0.786 bits per heavy atom. The Morgan fingerprint density at radius 1 is 0.464 bits per heavy atom. The predicted molar refractivity (Wildman–Crippen MR) is 108 cm³/mol. The first-order valence-corrected chi connectivity index (χ1v) is 8.89. The van der Waals surface area contributed by atoms with E-state index >= 15 is 0 Å². The summed E-state index contributed by atoms with van der Waals surface area (Å²) in [4.78, 5) is 0. The third-order valence-corrected chi connectivity index (χ3v) is 4.11. The summed E-state index contributed by atoms with van der Waals surface area (Å²) in [5.74, 6) is -2.42. The van der Waals surface area contributed by atoms with Gasteiger partial charge in [-0.1, -0.05) is 47.5 Å². The fourth-order valence-corrected chi connectivity index (χ4v) is 2.15. The zero-order valence-electron chi connectivity index (χ0n) is 17.1. The first-order chi connectivity index (χ1) is 13.0. The molecule has 0 heterocycles. The molecule has 0 bridgehead atoms. The zero-order chi connectivity index (χ0) is 21.4. The minimum absolute atomic E-state index is 0.0885. The quantitative estimate of drug-likeness (QED) is 0.349. The van der Waals surface area contributed by atoms with E-state index in [2.05, 4.69) is 38.1 Å². The van der Waals surface area contributed by atoms with Gasteiger partial charge in [-0.15, -0.1) is 0 Å². The smallest absolute Gasteiger partial charge is 0.161 e. The van der Waals surface area contributed by atoms with Crippen LogP contribution in [-0.2, 0) is 0 Å². The van der Waals surface area contributed by atoms with Crippen molar-refractivity contribution >= 4 is 0 Å². The van der Waals surface area contributed by atoms with Crippen molar-refractivity contribution in [1.82, 2.24) is 0 Å². The summed E-state index contributed by atoms with van der Waals surface area (Å²) in [5.41, 5.74) is 4.06. The Labute approximate surface area is 164 Å². The van der Waals surface area contributed by atoms with Crippen molar-refractivity contribution in [1.29, 1.82) is 0 Å². The van der Waals surface area contributed by atoms with Gasteiger partial charge in [0, 0.05) is 5.56 Å². The lowest BCUT2D eigenvalue weighted by Crippen LogP contribution is -1.91. The lowest BCUT2D eigenvalue weighted by Gasteiger charge is -1.99. The number of hydrogen-bond acceptors (Lipinski definition) is 0. The van der Waals surface area contributed by atoms with Crippen molar-refractivity contribution in [2.75, 3.05) is 0 Å². The van der Waals surface area contributed by atoms with Crippen LogP contribution >= 0.6 is 0 Å². The van der Waals surface area contributed by atoms with Gasteiger partial charge in [-0.2, -0.15) is 0 Å². The first-order valence-electron chi connectivity index (χ1n) is 8.89. The van der Waals surface area contributed by atoms with Crippen molar-refractivity contribution in [2.45, 2.75) is 41.5 Å². The van der Waals surface area contributed by atoms with E-state index < -0.39 is 23.3 Å². The molecule has 0 spiro atoms. The predicted octanol–water partition coefficient (Wildman–Crippen LogP) is 7.47. The highest BCUT2D eigenvalue weighted by molar-refractivity contribution is 5.24. The van der Waals surface area contributed by atoms with E-state index in [1.165, 1.54) is 44.0 Å². The van der Waals surface area contributed by atoms with E-state index in [4.69, 9.17) is 0 Å². The highest BCUT2D eigenvalue weighted by atomic mass is 19.2. The standard InChI is InChI=1S/2C8H8F2.C8H10/c1-5-3-7(9)6(2)8(10)4-5;1-5-3-4-6(2)8(10)7(5)9;1-7-3-5-8(2)6-4-7/h2*3-4H,1-2H3;3-6H,1-2H3. The second-order valence-electron chi connectivity index (χ2n) is 6.84. The summed E-state index contributed by atoms with van der Waals surface area (Å²) < 4.78 is 50.4. The average molecular weight is 390 g/mol. The molecule has 4 heteroatoms. The number of aryl methyl sites for hydroxylation is 5. The van der Waals surface area contributed by atoms with Gasteiger partial charge in [-0.05, 0) is 70.4 Å². The summed E-state index contributed by atoms with van der Waals surface area (Å²) in [6, 6.07) is 14.2. The Bertz CT molecular complexity index is 842. The first kappa shape index (κ1) is 23.4. The van der Waals surface area contributed by atoms with Crippen LogP contribution in [0, 0.1) is 64.8 Å². The van der Waals surface area contributed by atoms with Crippen LogP contribution in [0.15, 0.2) is 48.5 Å². The largest absolute Gasteiger partial charge is 0.207 e. The Balaban J connectivity index is 0.000000212. The minimum Gasteiger partial charge on any atom is -0.207 e. The van der Waals surface area contributed by atoms with Crippen LogP contribution in [0.5, 0.6) is 0 Å². The molecule has 0 radical (unpaired) electrons. The molecule has 3 aromatic carbocycles. The molecule has 0 aliphatic rings. The molecule has 0 atom stereocenters. The van der Waals surface area contributed by atoms with E-state index in [-0.39, 0.29) is 5.56 Å². The van der Waals surface area contributed by atoms with Gasteiger partial charge in [0.15, 0.2) is 11.6 Å². The maximum Gasteiger partial charge on any atom is 0.161 e. The highest BCUT2D eigenvalue weighted by Gasteiger charge is 2.06. The molecule has 0 aliphatic carbocycles. The molecule has 0 saturated carbocycles. The lowest BCUT2D eigenvalue weighted by atomic mass is 10.1. The fraction of sp³-hybridized carbons (Fsp3) is 0.250. The van der Waals surface area contributed by atoms with Gasteiger partial charge in [0.2, 0.25) is 0 Å². The van der Waals surface area contributed by atoms with Crippen molar-refractivity contribution in [3.05, 3.63) is 105 Å². The molecule has 150 valence electrons. The van der Waals surface area contributed by atoms with Gasteiger partial charge in [-0.25, -0.2) is 17.6 Å². The third-order valence-electron chi connectivity index (χ3n) is 4.11. The molecule has 0 saturated heterocycles. The van der Waals surface area contributed by atoms with E-state index in [0.29, 0.717) is 16.7 Å². The number of benzene rings is 3. The van der Waals surface area contributed by atoms with Gasteiger partial charge >= 0.3 is 0 Å². The summed E-state index contributed by atoms with van der Waals surface area (Å²) in [5, 5.41) is 0. The molecule has 3 aromatic rings. The van der Waals surface area contributed by atoms with Crippen LogP contribution in [0.2, 0.25) is 0 Å². The molecule has 0 N–H and O–H groups in total. The van der Waals surface area contributed by atoms with Gasteiger partial charge < -0.3 is 0 Å².